The van der Waals surface area contributed by atoms with Crippen molar-refractivity contribution in [3.05, 3.63) is 78.1 Å². The van der Waals surface area contributed by atoms with Crippen molar-refractivity contribution in [3.8, 4) is 40.3 Å². The van der Waals surface area contributed by atoms with Gasteiger partial charge in [-0.05, 0) is 36.7 Å². The molecular formula is C23H20N6O. The highest BCUT2D eigenvalue weighted by Crippen LogP contribution is 2.33. The van der Waals surface area contributed by atoms with Crippen molar-refractivity contribution in [2.75, 3.05) is 6.54 Å². The van der Waals surface area contributed by atoms with E-state index in [1.165, 1.54) is 0 Å². The number of hydrogen-bond acceptors (Lipinski definition) is 6. The first-order chi connectivity index (χ1) is 14.7. The molecule has 0 amide bonds. The van der Waals surface area contributed by atoms with Crippen LogP contribution in [0.2, 0.25) is 0 Å². The van der Waals surface area contributed by atoms with E-state index >= 15 is 0 Å². The summed E-state index contributed by atoms with van der Waals surface area (Å²) in [6, 6.07) is 19.1. The van der Waals surface area contributed by atoms with Gasteiger partial charge in [-0.25, -0.2) is 14.6 Å². The monoisotopic (exact) mass is 396 g/mol. The Kier molecular flexibility index (Phi) is 5.50. The Morgan fingerprint density at radius 1 is 1.07 bits per heavy atom. The third-order valence-electron chi connectivity index (χ3n) is 4.61. The van der Waals surface area contributed by atoms with Crippen LogP contribution in [0.15, 0.2) is 67.0 Å². The normalized spacial score (nSPS) is 10.6. The molecule has 0 spiro atoms. The van der Waals surface area contributed by atoms with Crippen LogP contribution >= 0.6 is 0 Å². The average Bonchev–Trinajstić information content (AvgIpc) is 3.15. The summed E-state index contributed by atoms with van der Waals surface area (Å²) in [5.74, 6) is 1.55. The number of benzene rings is 2. The second-order valence-electron chi connectivity index (χ2n) is 6.74. The van der Waals surface area contributed by atoms with Crippen molar-refractivity contribution >= 4 is 0 Å². The van der Waals surface area contributed by atoms with E-state index in [-0.39, 0.29) is 0 Å². The summed E-state index contributed by atoms with van der Waals surface area (Å²) >= 11 is 0. The van der Waals surface area contributed by atoms with E-state index in [2.05, 4.69) is 21.1 Å². The summed E-state index contributed by atoms with van der Waals surface area (Å²) in [6.07, 6.45) is 4.23. The van der Waals surface area contributed by atoms with Crippen LogP contribution in [0.25, 0.3) is 22.6 Å². The number of hydrogen-bond donors (Lipinski definition) is 1. The molecule has 2 aromatic heterocycles. The Bertz CT molecular complexity index is 1190. The van der Waals surface area contributed by atoms with E-state index < -0.39 is 0 Å². The first-order valence-corrected chi connectivity index (χ1v) is 9.51. The minimum atomic E-state index is 0.485. The fraction of sp³-hybridized carbons (Fsp3) is 0.130. The predicted octanol–water partition coefficient (Wildman–Crippen LogP) is 3.71. The summed E-state index contributed by atoms with van der Waals surface area (Å²) in [5, 5.41) is 13.9. The van der Waals surface area contributed by atoms with Crippen molar-refractivity contribution in [1.29, 1.82) is 5.26 Å². The Hall–Kier alpha value is -4.02. The molecule has 0 atom stereocenters. The van der Waals surface area contributed by atoms with E-state index in [4.69, 9.17) is 10.5 Å². The largest absolute Gasteiger partial charge is 0.438 e. The molecule has 0 fully saturated rings. The van der Waals surface area contributed by atoms with E-state index in [1.54, 1.807) is 35.3 Å². The molecule has 0 bridgehead atoms. The van der Waals surface area contributed by atoms with Crippen LogP contribution in [0.1, 0.15) is 11.1 Å². The molecule has 0 aliphatic heterocycles. The van der Waals surface area contributed by atoms with Crippen LogP contribution in [-0.4, -0.2) is 26.3 Å². The lowest BCUT2D eigenvalue weighted by Gasteiger charge is -2.11. The molecule has 2 aromatic carbocycles. The molecule has 0 aliphatic rings. The molecule has 7 heteroatoms. The van der Waals surface area contributed by atoms with E-state index in [9.17, 15) is 5.26 Å². The molecule has 4 rings (SSSR count). The van der Waals surface area contributed by atoms with Crippen LogP contribution in [0.3, 0.4) is 0 Å². The van der Waals surface area contributed by atoms with Crippen LogP contribution in [0.4, 0.5) is 0 Å². The molecule has 0 saturated heterocycles. The zero-order valence-corrected chi connectivity index (χ0v) is 16.5. The quantitative estimate of drug-likeness (QED) is 0.533. The van der Waals surface area contributed by atoms with Gasteiger partial charge in [0.1, 0.15) is 5.75 Å². The lowest BCUT2D eigenvalue weighted by Crippen LogP contribution is -2.04. The summed E-state index contributed by atoms with van der Waals surface area (Å²) in [6.45, 7) is 0.540. The number of nitrogens with zero attached hydrogens (tertiary/aromatic N) is 5. The van der Waals surface area contributed by atoms with Crippen molar-refractivity contribution < 1.29 is 4.74 Å². The molecule has 7 nitrogen and oxygen atoms in total. The highest BCUT2D eigenvalue weighted by atomic mass is 16.5. The van der Waals surface area contributed by atoms with Crippen LogP contribution in [-0.2, 0) is 13.5 Å². The van der Waals surface area contributed by atoms with Crippen LogP contribution in [0.5, 0.6) is 11.6 Å². The van der Waals surface area contributed by atoms with Crippen molar-refractivity contribution in [1.82, 2.24) is 19.7 Å². The van der Waals surface area contributed by atoms with E-state index in [0.717, 1.165) is 16.8 Å². The number of aryl methyl sites for hydroxylation is 1. The summed E-state index contributed by atoms with van der Waals surface area (Å²) < 4.78 is 7.83. The van der Waals surface area contributed by atoms with Crippen molar-refractivity contribution in [2.45, 2.75) is 6.42 Å². The summed E-state index contributed by atoms with van der Waals surface area (Å²) in [4.78, 5) is 8.90. The SMILES string of the molecule is Cn1nc(-c2ccccc2)cc1Oc1cc(C#N)ccc1-c1ncc(CCN)cn1. The molecule has 2 heterocycles. The second kappa shape index (κ2) is 8.55. The van der Waals surface area contributed by atoms with Crippen LogP contribution in [0, 0.1) is 11.3 Å². The maximum absolute atomic E-state index is 9.33. The van der Waals surface area contributed by atoms with Gasteiger partial charge in [-0.15, -0.1) is 0 Å². The fourth-order valence-corrected chi connectivity index (χ4v) is 3.06. The highest BCUT2D eigenvalue weighted by Gasteiger charge is 2.15. The van der Waals surface area contributed by atoms with Gasteiger partial charge >= 0.3 is 0 Å². The van der Waals surface area contributed by atoms with Gasteiger partial charge in [-0.3, -0.25) is 0 Å². The lowest BCUT2D eigenvalue weighted by atomic mass is 10.1. The molecule has 148 valence electrons. The molecular weight excluding hydrogens is 376 g/mol. The molecule has 0 radical (unpaired) electrons. The average molecular weight is 396 g/mol. The first-order valence-electron chi connectivity index (χ1n) is 9.51. The van der Waals surface area contributed by atoms with Gasteiger partial charge in [-0.2, -0.15) is 10.4 Å². The third kappa shape index (κ3) is 4.04. The number of rotatable bonds is 6. The minimum Gasteiger partial charge on any atom is -0.438 e. The summed E-state index contributed by atoms with van der Waals surface area (Å²) in [5.41, 5.74) is 9.53. The Morgan fingerprint density at radius 3 is 2.53 bits per heavy atom. The lowest BCUT2D eigenvalue weighted by molar-refractivity contribution is 0.432. The zero-order chi connectivity index (χ0) is 20.9. The van der Waals surface area contributed by atoms with Gasteiger partial charge in [0.05, 0.1) is 22.9 Å². The predicted molar refractivity (Wildman–Crippen MR) is 114 cm³/mol. The van der Waals surface area contributed by atoms with Gasteiger partial charge in [0.15, 0.2) is 5.82 Å². The molecule has 0 unspecified atom stereocenters. The molecule has 0 saturated carbocycles. The van der Waals surface area contributed by atoms with Gasteiger partial charge in [-0.1, -0.05) is 30.3 Å². The van der Waals surface area contributed by atoms with Crippen molar-refractivity contribution in [2.24, 2.45) is 12.8 Å². The molecule has 30 heavy (non-hydrogen) atoms. The maximum atomic E-state index is 9.33. The first kappa shape index (κ1) is 19.3. The number of nitrogens with two attached hydrogens (primary N) is 1. The van der Waals surface area contributed by atoms with Gasteiger partial charge in [0.25, 0.3) is 0 Å². The molecule has 2 N–H and O–H groups in total. The minimum absolute atomic E-state index is 0.485. The molecule has 4 aromatic rings. The highest BCUT2D eigenvalue weighted by molar-refractivity contribution is 5.67. The van der Waals surface area contributed by atoms with E-state index in [1.807, 2.05) is 43.4 Å². The Labute approximate surface area is 174 Å². The zero-order valence-electron chi connectivity index (χ0n) is 16.5. The van der Waals surface area contributed by atoms with Crippen molar-refractivity contribution in [3.63, 3.8) is 0 Å². The molecule has 0 aliphatic carbocycles. The third-order valence-corrected chi connectivity index (χ3v) is 4.61. The fourth-order valence-electron chi connectivity index (χ4n) is 3.06. The standard InChI is InChI=1S/C23H20N6O/c1-29-22(12-20(28-29)18-5-3-2-4-6-18)30-21-11-16(13-25)7-8-19(21)23-26-14-17(9-10-24)15-27-23/h2-8,11-12,14-15H,9-10,24H2,1H3. The second-order valence-corrected chi connectivity index (χ2v) is 6.74. The topological polar surface area (TPSA) is 103 Å². The Balaban J connectivity index is 1.70. The number of aromatic nitrogens is 4. The van der Waals surface area contributed by atoms with E-state index in [0.29, 0.717) is 41.5 Å². The number of nitriles is 1. The number of ether oxygens (including phenoxy) is 1. The Morgan fingerprint density at radius 2 is 1.83 bits per heavy atom. The summed E-state index contributed by atoms with van der Waals surface area (Å²) in [7, 11) is 1.81. The maximum Gasteiger partial charge on any atom is 0.218 e. The van der Waals surface area contributed by atoms with Gasteiger partial charge in [0.2, 0.25) is 5.88 Å². The van der Waals surface area contributed by atoms with Gasteiger partial charge < -0.3 is 10.5 Å². The van der Waals surface area contributed by atoms with Crippen LogP contribution < -0.4 is 10.5 Å². The van der Waals surface area contributed by atoms with Gasteiger partial charge in [0, 0.05) is 31.1 Å². The smallest absolute Gasteiger partial charge is 0.218 e.